The second kappa shape index (κ2) is 10.3. The smallest absolute Gasteiger partial charge is 0.324 e. The van der Waals surface area contributed by atoms with E-state index in [9.17, 15) is 9.59 Å². The van der Waals surface area contributed by atoms with Crippen LogP contribution in [-0.2, 0) is 0 Å². The molecular formula is C13H21N5O6. The van der Waals surface area contributed by atoms with E-state index in [1.807, 2.05) is 0 Å². The fourth-order valence-electron chi connectivity index (χ4n) is 1.65. The van der Waals surface area contributed by atoms with E-state index in [2.05, 4.69) is 15.6 Å². The van der Waals surface area contributed by atoms with Gasteiger partial charge in [-0.25, -0.2) is 14.6 Å². The van der Waals surface area contributed by atoms with Gasteiger partial charge >= 0.3 is 12.1 Å². The summed E-state index contributed by atoms with van der Waals surface area (Å²) >= 11 is 0. The predicted octanol–water partition coefficient (Wildman–Crippen LogP) is -1.37. The number of carbonyl (C=O) groups is 2. The molecule has 4 amide bonds. The Hall–Kier alpha value is -2.47. The molecule has 0 saturated heterocycles. The summed E-state index contributed by atoms with van der Waals surface area (Å²) in [7, 11) is 0. The van der Waals surface area contributed by atoms with Crippen molar-refractivity contribution in [3.8, 4) is 0 Å². The first-order valence-corrected chi connectivity index (χ1v) is 7.07. The van der Waals surface area contributed by atoms with Crippen LogP contribution in [0.2, 0.25) is 0 Å². The maximum atomic E-state index is 11.8. The highest BCUT2D eigenvalue weighted by Gasteiger charge is 2.14. The van der Waals surface area contributed by atoms with Gasteiger partial charge in [-0.1, -0.05) is 0 Å². The monoisotopic (exact) mass is 343 g/mol. The number of rotatable bonds is 8. The summed E-state index contributed by atoms with van der Waals surface area (Å²) in [6.45, 7) is -1.73. The van der Waals surface area contributed by atoms with Crippen LogP contribution >= 0.6 is 0 Å². The summed E-state index contributed by atoms with van der Waals surface area (Å²) in [5.41, 5.74) is 0.323. The lowest BCUT2D eigenvalue weighted by molar-refractivity contribution is 0.113. The van der Waals surface area contributed by atoms with Crippen molar-refractivity contribution >= 4 is 23.6 Å². The van der Waals surface area contributed by atoms with Crippen LogP contribution in [0.5, 0.6) is 0 Å². The number of urea groups is 2. The lowest BCUT2D eigenvalue weighted by Gasteiger charge is -2.20. The van der Waals surface area contributed by atoms with E-state index >= 15 is 0 Å². The van der Waals surface area contributed by atoms with Crippen LogP contribution in [-0.4, -0.2) is 87.0 Å². The van der Waals surface area contributed by atoms with Crippen molar-refractivity contribution in [2.24, 2.45) is 0 Å². The zero-order valence-corrected chi connectivity index (χ0v) is 12.9. The lowest BCUT2D eigenvalue weighted by Crippen LogP contribution is -2.38. The maximum absolute atomic E-state index is 11.8. The number of aliphatic hydroxyl groups excluding tert-OH is 4. The van der Waals surface area contributed by atoms with Crippen LogP contribution in [0.1, 0.15) is 0 Å². The predicted molar refractivity (Wildman–Crippen MR) is 84.0 cm³/mol. The highest BCUT2D eigenvalue weighted by atomic mass is 16.3. The van der Waals surface area contributed by atoms with Gasteiger partial charge in [0.05, 0.1) is 25.1 Å². The Kier molecular flexibility index (Phi) is 8.43. The Bertz CT molecular complexity index is 479. The van der Waals surface area contributed by atoms with Gasteiger partial charge in [0.15, 0.2) is 0 Å². The fraction of sp³-hybridized carbons (Fsp3) is 0.462. The maximum Gasteiger partial charge on any atom is 0.324 e. The number of nitrogens with one attached hydrogen (secondary N) is 2. The molecule has 0 fully saturated rings. The third-order valence-corrected chi connectivity index (χ3v) is 2.91. The molecule has 6 N–H and O–H groups in total. The molecule has 0 spiro atoms. The minimum Gasteiger partial charge on any atom is -0.395 e. The van der Waals surface area contributed by atoms with E-state index in [0.717, 1.165) is 9.80 Å². The summed E-state index contributed by atoms with van der Waals surface area (Å²) in [4.78, 5) is 29.5. The van der Waals surface area contributed by atoms with Crippen LogP contribution in [0.3, 0.4) is 0 Å². The molecule has 11 nitrogen and oxygen atoms in total. The van der Waals surface area contributed by atoms with Gasteiger partial charge < -0.3 is 25.7 Å². The summed E-state index contributed by atoms with van der Waals surface area (Å²) < 4.78 is 0. The van der Waals surface area contributed by atoms with Crippen molar-refractivity contribution in [2.75, 3.05) is 50.4 Å². The van der Waals surface area contributed by atoms with Gasteiger partial charge in [-0.2, -0.15) is 0 Å². The number of amides is 4. The lowest BCUT2D eigenvalue weighted by atomic mass is 10.4. The van der Waals surface area contributed by atoms with E-state index in [4.69, 9.17) is 20.4 Å². The molecule has 1 heterocycles. The van der Waals surface area contributed by atoms with E-state index in [-0.39, 0.29) is 32.1 Å². The van der Waals surface area contributed by atoms with Gasteiger partial charge in [0, 0.05) is 13.1 Å². The first kappa shape index (κ1) is 19.6. The molecule has 1 aromatic heterocycles. The van der Waals surface area contributed by atoms with E-state index in [1.54, 1.807) is 0 Å². The fourth-order valence-corrected chi connectivity index (χ4v) is 1.65. The number of pyridine rings is 1. The molecule has 0 saturated carbocycles. The molecule has 1 rings (SSSR count). The average molecular weight is 343 g/mol. The number of aliphatic hydroxyl groups is 4. The molecule has 1 aromatic rings. The largest absolute Gasteiger partial charge is 0.395 e. The number of carbonyl (C=O) groups excluding carboxylic acids is 2. The molecular weight excluding hydrogens is 322 g/mol. The summed E-state index contributed by atoms with van der Waals surface area (Å²) in [5, 5.41) is 40.5. The standard InChI is InChI=1S/C13H21N5O6/c19-5-3-17(8-21)12(23)15-10-1-2-11(14-7-10)16-13(24)18(9-22)4-6-20/h1-2,7,19-22H,3-6,8-9H2,(H,15,23)(H,14,16,24). The van der Waals surface area contributed by atoms with Crippen LogP contribution in [0.4, 0.5) is 21.1 Å². The number of aromatic nitrogens is 1. The van der Waals surface area contributed by atoms with Gasteiger partial charge in [0.1, 0.15) is 19.3 Å². The molecule has 0 aliphatic carbocycles. The zero-order valence-electron chi connectivity index (χ0n) is 12.9. The molecule has 0 unspecified atom stereocenters. The van der Waals surface area contributed by atoms with E-state index in [1.165, 1.54) is 18.3 Å². The summed E-state index contributed by atoms with van der Waals surface area (Å²) in [6.07, 6.45) is 1.29. The highest BCUT2D eigenvalue weighted by Crippen LogP contribution is 2.11. The number of nitrogens with zero attached hydrogens (tertiary/aromatic N) is 3. The van der Waals surface area contributed by atoms with E-state index < -0.39 is 25.5 Å². The molecule has 24 heavy (non-hydrogen) atoms. The van der Waals surface area contributed by atoms with Crippen molar-refractivity contribution < 1.29 is 30.0 Å². The number of hydrogen-bond acceptors (Lipinski definition) is 7. The van der Waals surface area contributed by atoms with Crippen molar-refractivity contribution in [2.45, 2.75) is 0 Å². The van der Waals surface area contributed by atoms with Gasteiger partial charge in [-0.3, -0.25) is 15.1 Å². The van der Waals surface area contributed by atoms with Crippen LogP contribution in [0.25, 0.3) is 0 Å². The Morgan fingerprint density at radius 2 is 1.46 bits per heavy atom. The second-order valence-electron chi connectivity index (χ2n) is 4.55. The normalized spacial score (nSPS) is 10.2. The molecule has 0 atom stereocenters. The first-order valence-electron chi connectivity index (χ1n) is 7.07. The quantitative estimate of drug-likeness (QED) is 0.318. The van der Waals surface area contributed by atoms with Crippen LogP contribution in [0, 0.1) is 0 Å². The van der Waals surface area contributed by atoms with Crippen LogP contribution < -0.4 is 10.6 Å². The highest BCUT2D eigenvalue weighted by molar-refractivity contribution is 5.90. The molecule has 11 heteroatoms. The minimum atomic E-state index is -0.634. The molecule has 0 bridgehead atoms. The zero-order chi connectivity index (χ0) is 17.9. The summed E-state index contributed by atoms with van der Waals surface area (Å²) in [6, 6.07) is 1.66. The summed E-state index contributed by atoms with van der Waals surface area (Å²) in [5.74, 6) is 0.184. The third kappa shape index (κ3) is 5.96. The van der Waals surface area contributed by atoms with Crippen molar-refractivity contribution in [3.05, 3.63) is 18.3 Å². The second-order valence-corrected chi connectivity index (χ2v) is 4.55. The Balaban J connectivity index is 2.62. The van der Waals surface area contributed by atoms with Crippen molar-refractivity contribution in [1.29, 1.82) is 0 Å². The Labute approximate surface area is 138 Å². The van der Waals surface area contributed by atoms with Crippen LogP contribution in [0.15, 0.2) is 18.3 Å². The molecule has 0 aliphatic rings. The number of anilines is 2. The molecule has 0 radical (unpaired) electrons. The van der Waals surface area contributed by atoms with Gasteiger partial charge in [0.2, 0.25) is 0 Å². The SMILES string of the molecule is O=C(Nc1ccc(NC(=O)N(CO)CCO)nc1)N(CO)CCO. The molecule has 134 valence electrons. The van der Waals surface area contributed by atoms with Gasteiger partial charge in [0.25, 0.3) is 0 Å². The third-order valence-electron chi connectivity index (χ3n) is 2.91. The van der Waals surface area contributed by atoms with Gasteiger partial charge in [-0.15, -0.1) is 0 Å². The Morgan fingerprint density at radius 3 is 1.88 bits per heavy atom. The van der Waals surface area contributed by atoms with Crippen molar-refractivity contribution in [3.63, 3.8) is 0 Å². The Morgan fingerprint density at radius 1 is 0.917 bits per heavy atom. The minimum absolute atomic E-state index is 0.0221. The van der Waals surface area contributed by atoms with Crippen molar-refractivity contribution in [1.82, 2.24) is 14.8 Å². The molecule has 0 aromatic carbocycles. The first-order chi connectivity index (χ1) is 11.5. The topological polar surface area (TPSA) is 158 Å². The molecule has 0 aliphatic heterocycles. The van der Waals surface area contributed by atoms with E-state index in [0.29, 0.717) is 5.69 Å². The average Bonchev–Trinajstić information content (AvgIpc) is 2.58. The van der Waals surface area contributed by atoms with Gasteiger partial charge in [-0.05, 0) is 12.1 Å². The number of hydrogen-bond donors (Lipinski definition) is 6.